The van der Waals surface area contributed by atoms with Crippen molar-refractivity contribution < 1.29 is 23.6 Å². The van der Waals surface area contributed by atoms with Gasteiger partial charge in [0.1, 0.15) is 11.5 Å². The van der Waals surface area contributed by atoms with Crippen LogP contribution in [0.1, 0.15) is 25.8 Å². The van der Waals surface area contributed by atoms with Crippen LogP contribution >= 0.6 is 0 Å². The van der Waals surface area contributed by atoms with Crippen LogP contribution in [0, 0.1) is 0 Å². The SMILES string of the molecule is CCCOc1cc(CC(=O)O)cc(S(=O)c2cccc(-c3ccc(OCC)cc3)c2)c1. The summed E-state index contributed by atoms with van der Waals surface area (Å²) in [6, 6.07) is 20.4. The fourth-order valence-electron chi connectivity index (χ4n) is 3.15. The average Bonchev–Trinajstić information content (AvgIpc) is 2.77. The summed E-state index contributed by atoms with van der Waals surface area (Å²) >= 11 is 0. The zero-order valence-electron chi connectivity index (χ0n) is 17.7. The molecule has 6 heteroatoms. The predicted molar refractivity (Wildman–Crippen MR) is 121 cm³/mol. The standard InChI is InChI=1S/C25H26O5S/c1-3-12-30-22-13-18(15-25(26)27)14-24(17-22)31(28)23-7-5-6-20(16-23)19-8-10-21(11-9-19)29-4-2/h5-11,13-14,16-17H,3-4,12,15H2,1-2H3,(H,26,27). The second-order valence-electron chi connectivity index (χ2n) is 6.99. The van der Waals surface area contributed by atoms with Gasteiger partial charge < -0.3 is 14.6 Å². The van der Waals surface area contributed by atoms with Gasteiger partial charge in [0.05, 0.1) is 30.4 Å². The van der Waals surface area contributed by atoms with Crippen molar-refractivity contribution in [1.82, 2.24) is 0 Å². The Hall–Kier alpha value is -3.12. The van der Waals surface area contributed by atoms with Crippen LogP contribution in [0.15, 0.2) is 76.5 Å². The third-order valence-corrected chi connectivity index (χ3v) is 5.87. The molecule has 3 aromatic carbocycles. The lowest BCUT2D eigenvalue weighted by Crippen LogP contribution is -2.04. The van der Waals surface area contributed by atoms with Crippen molar-refractivity contribution in [3.63, 3.8) is 0 Å². The monoisotopic (exact) mass is 438 g/mol. The topological polar surface area (TPSA) is 72.8 Å². The minimum Gasteiger partial charge on any atom is -0.494 e. The van der Waals surface area contributed by atoms with Crippen LogP contribution in [-0.4, -0.2) is 28.5 Å². The molecule has 0 aromatic heterocycles. The quantitative estimate of drug-likeness (QED) is 0.463. The van der Waals surface area contributed by atoms with Gasteiger partial charge in [-0.2, -0.15) is 0 Å². The Balaban J connectivity index is 1.91. The molecule has 5 nitrogen and oxygen atoms in total. The Bertz CT molecular complexity index is 1060. The summed E-state index contributed by atoms with van der Waals surface area (Å²) in [6.07, 6.45) is 0.672. The fourth-order valence-corrected chi connectivity index (χ4v) is 4.34. The number of benzene rings is 3. The maximum atomic E-state index is 13.3. The van der Waals surface area contributed by atoms with Gasteiger partial charge in [0.25, 0.3) is 0 Å². The highest BCUT2D eigenvalue weighted by atomic mass is 32.2. The van der Waals surface area contributed by atoms with E-state index in [2.05, 4.69) is 0 Å². The third-order valence-electron chi connectivity index (χ3n) is 4.53. The first-order valence-corrected chi connectivity index (χ1v) is 11.4. The highest BCUT2D eigenvalue weighted by Gasteiger charge is 2.13. The van der Waals surface area contributed by atoms with E-state index >= 15 is 0 Å². The summed E-state index contributed by atoms with van der Waals surface area (Å²) in [5.41, 5.74) is 2.50. The number of carboxylic acids is 1. The molecule has 1 atom stereocenters. The lowest BCUT2D eigenvalue weighted by Gasteiger charge is -2.11. The van der Waals surface area contributed by atoms with E-state index in [1.807, 2.05) is 62.4 Å². The molecule has 0 bridgehead atoms. The Morgan fingerprint density at radius 2 is 1.65 bits per heavy atom. The zero-order valence-corrected chi connectivity index (χ0v) is 18.5. The van der Waals surface area contributed by atoms with Gasteiger partial charge in [-0.3, -0.25) is 4.79 Å². The summed E-state index contributed by atoms with van der Waals surface area (Å²) in [5, 5.41) is 9.17. The molecule has 0 amide bonds. The first-order valence-electron chi connectivity index (χ1n) is 10.2. The van der Waals surface area contributed by atoms with Crippen molar-refractivity contribution in [2.75, 3.05) is 13.2 Å². The molecule has 0 saturated carbocycles. The van der Waals surface area contributed by atoms with Crippen molar-refractivity contribution in [1.29, 1.82) is 0 Å². The fraction of sp³-hybridized carbons (Fsp3) is 0.240. The molecule has 1 unspecified atom stereocenters. The van der Waals surface area contributed by atoms with E-state index in [9.17, 15) is 14.1 Å². The molecular weight excluding hydrogens is 412 g/mol. The highest BCUT2D eigenvalue weighted by molar-refractivity contribution is 7.85. The number of carboxylic acid groups (broad SMARTS) is 1. The maximum Gasteiger partial charge on any atom is 0.307 e. The van der Waals surface area contributed by atoms with Gasteiger partial charge in [-0.05, 0) is 72.5 Å². The van der Waals surface area contributed by atoms with Crippen molar-refractivity contribution >= 4 is 16.8 Å². The number of ether oxygens (including phenoxy) is 2. The third kappa shape index (κ3) is 6.18. The van der Waals surface area contributed by atoms with Crippen LogP contribution in [0.4, 0.5) is 0 Å². The largest absolute Gasteiger partial charge is 0.494 e. The van der Waals surface area contributed by atoms with Gasteiger partial charge >= 0.3 is 5.97 Å². The number of hydrogen-bond acceptors (Lipinski definition) is 4. The van der Waals surface area contributed by atoms with Gasteiger partial charge in [0.2, 0.25) is 0 Å². The molecule has 0 aliphatic rings. The van der Waals surface area contributed by atoms with Gasteiger partial charge in [0, 0.05) is 9.79 Å². The van der Waals surface area contributed by atoms with E-state index in [-0.39, 0.29) is 6.42 Å². The first-order chi connectivity index (χ1) is 15.0. The maximum absolute atomic E-state index is 13.3. The Morgan fingerprint density at radius 3 is 2.32 bits per heavy atom. The van der Waals surface area contributed by atoms with E-state index in [0.29, 0.717) is 34.3 Å². The minimum absolute atomic E-state index is 0.153. The second kappa shape index (κ2) is 10.8. The summed E-state index contributed by atoms with van der Waals surface area (Å²) in [4.78, 5) is 12.3. The number of hydrogen-bond donors (Lipinski definition) is 1. The van der Waals surface area contributed by atoms with Crippen LogP contribution in [0.3, 0.4) is 0 Å². The average molecular weight is 439 g/mol. The Labute approximate surface area is 185 Å². The van der Waals surface area contributed by atoms with Gasteiger partial charge in [-0.25, -0.2) is 4.21 Å². The molecular formula is C25H26O5S. The van der Waals surface area contributed by atoms with E-state index < -0.39 is 16.8 Å². The van der Waals surface area contributed by atoms with Crippen molar-refractivity contribution in [3.8, 4) is 22.6 Å². The van der Waals surface area contributed by atoms with E-state index in [1.165, 1.54) is 0 Å². The smallest absolute Gasteiger partial charge is 0.307 e. The minimum atomic E-state index is -1.48. The lowest BCUT2D eigenvalue weighted by atomic mass is 10.1. The van der Waals surface area contributed by atoms with E-state index in [4.69, 9.17) is 9.47 Å². The Kier molecular flexibility index (Phi) is 7.84. The summed E-state index contributed by atoms with van der Waals surface area (Å²) < 4.78 is 24.5. The van der Waals surface area contributed by atoms with Crippen molar-refractivity contribution in [2.45, 2.75) is 36.5 Å². The molecule has 162 valence electrons. The molecule has 0 aliphatic heterocycles. The molecule has 0 radical (unpaired) electrons. The zero-order chi connectivity index (χ0) is 22.2. The second-order valence-corrected chi connectivity index (χ2v) is 8.47. The molecule has 0 fully saturated rings. The summed E-state index contributed by atoms with van der Waals surface area (Å²) in [7, 11) is -1.48. The number of aliphatic carboxylic acids is 1. The van der Waals surface area contributed by atoms with Gasteiger partial charge in [0.15, 0.2) is 0 Å². The molecule has 0 aliphatic carbocycles. The van der Waals surface area contributed by atoms with Crippen LogP contribution in [0.5, 0.6) is 11.5 Å². The van der Waals surface area contributed by atoms with Crippen molar-refractivity contribution in [2.24, 2.45) is 0 Å². The molecule has 31 heavy (non-hydrogen) atoms. The molecule has 0 heterocycles. The molecule has 1 N–H and O–H groups in total. The molecule has 0 saturated heterocycles. The number of rotatable bonds is 10. The van der Waals surface area contributed by atoms with E-state index in [1.54, 1.807) is 18.2 Å². The van der Waals surface area contributed by atoms with Gasteiger partial charge in [-0.15, -0.1) is 0 Å². The molecule has 3 aromatic rings. The van der Waals surface area contributed by atoms with Crippen molar-refractivity contribution in [3.05, 3.63) is 72.3 Å². The molecule has 3 rings (SSSR count). The van der Waals surface area contributed by atoms with Crippen LogP contribution in [0.25, 0.3) is 11.1 Å². The normalized spacial score (nSPS) is 11.7. The Morgan fingerprint density at radius 1 is 0.871 bits per heavy atom. The van der Waals surface area contributed by atoms with Crippen LogP contribution < -0.4 is 9.47 Å². The van der Waals surface area contributed by atoms with Crippen LogP contribution in [0.2, 0.25) is 0 Å². The highest BCUT2D eigenvalue weighted by Crippen LogP contribution is 2.28. The lowest BCUT2D eigenvalue weighted by molar-refractivity contribution is -0.136. The summed E-state index contributed by atoms with van der Waals surface area (Å²) in [5.74, 6) is 0.398. The van der Waals surface area contributed by atoms with Crippen LogP contribution in [-0.2, 0) is 22.0 Å². The summed E-state index contributed by atoms with van der Waals surface area (Å²) in [6.45, 7) is 5.05. The number of carbonyl (C=O) groups is 1. The van der Waals surface area contributed by atoms with Gasteiger partial charge in [-0.1, -0.05) is 31.2 Å². The predicted octanol–water partition coefficient (Wildman–Crippen LogP) is 5.33. The van der Waals surface area contributed by atoms with E-state index in [0.717, 1.165) is 23.3 Å². The first kappa shape index (κ1) is 22.6. The molecule has 0 spiro atoms.